The molecule has 2 aromatic heterocycles. The first kappa shape index (κ1) is 20.8. The smallest absolute Gasteiger partial charge is 0.433 e. The van der Waals surface area contributed by atoms with E-state index in [9.17, 15) is 18.3 Å². The zero-order chi connectivity index (χ0) is 20.2. The van der Waals surface area contributed by atoms with Crippen molar-refractivity contribution in [3.8, 4) is 17.3 Å². The maximum Gasteiger partial charge on any atom is 0.433 e. The molecule has 1 N–H and O–H groups in total. The highest BCUT2D eigenvalue weighted by Crippen LogP contribution is 2.32. The topological polar surface area (TPSA) is 82.3 Å². The molecule has 27 heavy (non-hydrogen) atoms. The van der Waals surface area contributed by atoms with Crippen molar-refractivity contribution in [1.82, 2.24) is 19.7 Å². The third-order valence-electron chi connectivity index (χ3n) is 3.03. The van der Waals surface area contributed by atoms with Gasteiger partial charge >= 0.3 is 6.18 Å². The summed E-state index contributed by atoms with van der Waals surface area (Å²) in [6.07, 6.45) is -2.27. The molecule has 0 saturated heterocycles. The minimum Gasteiger partial charge on any atom is -0.475 e. The fraction of sp³-hybridized carbons (Fsp3) is 0.471. The number of halogens is 3. The van der Waals surface area contributed by atoms with Gasteiger partial charge < -0.3 is 14.6 Å². The number of nitrogens with zero attached hydrogens (tertiary/aromatic N) is 4. The van der Waals surface area contributed by atoms with E-state index >= 15 is 0 Å². The van der Waals surface area contributed by atoms with Gasteiger partial charge in [0.1, 0.15) is 12.0 Å². The normalized spacial score (nSPS) is 13.7. The third kappa shape index (κ3) is 6.33. The van der Waals surface area contributed by atoms with Gasteiger partial charge in [-0.2, -0.15) is 13.2 Å². The first-order chi connectivity index (χ1) is 12.5. The summed E-state index contributed by atoms with van der Waals surface area (Å²) in [5, 5.41) is 13.7. The van der Waals surface area contributed by atoms with E-state index in [1.165, 1.54) is 29.4 Å². The highest BCUT2D eigenvalue weighted by molar-refractivity contribution is 5.57. The number of pyridine rings is 1. The number of aliphatic hydroxyl groups excluding tert-OH is 1. The van der Waals surface area contributed by atoms with E-state index in [4.69, 9.17) is 9.47 Å². The summed E-state index contributed by atoms with van der Waals surface area (Å²) in [5.74, 6) is -0.108. The van der Waals surface area contributed by atoms with E-state index in [-0.39, 0.29) is 29.5 Å². The van der Waals surface area contributed by atoms with Gasteiger partial charge in [-0.25, -0.2) is 14.6 Å². The first-order valence-electron chi connectivity index (χ1n) is 8.24. The molecule has 0 aromatic carbocycles. The quantitative estimate of drug-likeness (QED) is 0.735. The Morgan fingerprint density at radius 1 is 1.15 bits per heavy atom. The molecule has 0 aliphatic heterocycles. The zero-order valence-corrected chi connectivity index (χ0v) is 15.3. The number of alkyl halides is 3. The van der Waals surface area contributed by atoms with Gasteiger partial charge in [0.25, 0.3) is 0 Å². The molecule has 0 amide bonds. The Kier molecular flexibility index (Phi) is 6.55. The zero-order valence-electron chi connectivity index (χ0n) is 15.3. The largest absolute Gasteiger partial charge is 0.475 e. The van der Waals surface area contributed by atoms with Crippen LogP contribution >= 0.6 is 0 Å². The second-order valence-corrected chi connectivity index (χ2v) is 6.21. The van der Waals surface area contributed by atoms with Crippen LogP contribution in [0.3, 0.4) is 0 Å². The molecule has 0 radical (unpaired) electrons. The number of rotatable bonds is 7. The van der Waals surface area contributed by atoms with Crippen LogP contribution in [0.2, 0.25) is 0 Å². The van der Waals surface area contributed by atoms with E-state index in [2.05, 4.69) is 15.1 Å². The van der Waals surface area contributed by atoms with Crippen molar-refractivity contribution in [2.45, 2.75) is 52.4 Å². The lowest BCUT2D eigenvalue weighted by Crippen LogP contribution is -2.14. The molecule has 0 aliphatic rings. The molecular weight excluding hydrogens is 365 g/mol. The lowest BCUT2D eigenvalue weighted by Gasteiger charge is -2.13. The molecule has 1 atom stereocenters. The summed E-state index contributed by atoms with van der Waals surface area (Å²) < 4.78 is 51.0. The molecule has 0 fully saturated rings. The van der Waals surface area contributed by atoms with Crippen LogP contribution in [0.1, 0.15) is 33.4 Å². The number of aliphatic hydroxyl groups is 1. The van der Waals surface area contributed by atoms with Crippen LogP contribution in [0.4, 0.5) is 13.2 Å². The highest BCUT2D eigenvalue weighted by atomic mass is 19.4. The van der Waals surface area contributed by atoms with Gasteiger partial charge in [-0.1, -0.05) is 0 Å². The summed E-state index contributed by atoms with van der Waals surface area (Å²) in [6, 6.07) is 2.20. The molecule has 10 heteroatoms. The van der Waals surface area contributed by atoms with Gasteiger partial charge in [0.2, 0.25) is 5.88 Å². The molecule has 2 heterocycles. The first-order valence-corrected chi connectivity index (χ1v) is 8.24. The van der Waals surface area contributed by atoms with Crippen LogP contribution in [0, 0.1) is 0 Å². The monoisotopic (exact) mass is 386 g/mol. The molecule has 0 saturated carbocycles. The van der Waals surface area contributed by atoms with Crippen molar-refractivity contribution < 1.29 is 27.8 Å². The SMILES string of the molecule is CC(C)Oc1cc(-c2ncn(C=CC(O)OC(C)C)n2)cc(C(F)(F)F)n1. The van der Waals surface area contributed by atoms with Crippen molar-refractivity contribution in [3.05, 3.63) is 30.2 Å². The Labute approximate surface area is 154 Å². The van der Waals surface area contributed by atoms with Crippen molar-refractivity contribution in [1.29, 1.82) is 0 Å². The average Bonchev–Trinajstić information content (AvgIpc) is 2.99. The molecule has 0 aliphatic carbocycles. The van der Waals surface area contributed by atoms with Gasteiger partial charge in [-0.05, 0) is 39.8 Å². The average molecular weight is 386 g/mol. The Balaban J connectivity index is 2.29. The van der Waals surface area contributed by atoms with Gasteiger partial charge in [0.05, 0.1) is 12.2 Å². The second kappa shape index (κ2) is 8.49. The standard InChI is InChI=1S/C17H21F3N4O3/c1-10(2)26-14-8-12(7-13(22-14)17(18,19)20)16-21-9-24(23-16)6-5-15(25)27-11(3)4/h5-11,15,25H,1-4H3. The fourth-order valence-corrected chi connectivity index (χ4v) is 2.05. The molecule has 1 unspecified atom stereocenters. The van der Waals surface area contributed by atoms with E-state index in [0.717, 1.165) is 6.07 Å². The van der Waals surface area contributed by atoms with Crippen LogP contribution in [0.5, 0.6) is 5.88 Å². The number of ether oxygens (including phenoxy) is 2. The maximum atomic E-state index is 13.1. The van der Waals surface area contributed by atoms with Crippen molar-refractivity contribution >= 4 is 6.20 Å². The van der Waals surface area contributed by atoms with Gasteiger partial charge in [-0.3, -0.25) is 0 Å². The van der Waals surface area contributed by atoms with E-state index < -0.39 is 18.2 Å². The van der Waals surface area contributed by atoms with Crippen LogP contribution in [-0.4, -0.2) is 43.4 Å². The maximum absolute atomic E-state index is 13.1. The fourth-order valence-electron chi connectivity index (χ4n) is 2.05. The molecular formula is C17H21F3N4O3. The van der Waals surface area contributed by atoms with Gasteiger partial charge in [0.15, 0.2) is 12.1 Å². The van der Waals surface area contributed by atoms with E-state index in [0.29, 0.717) is 0 Å². The van der Waals surface area contributed by atoms with E-state index in [1.54, 1.807) is 27.7 Å². The molecule has 0 bridgehead atoms. The summed E-state index contributed by atoms with van der Waals surface area (Å²) in [6.45, 7) is 6.90. The summed E-state index contributed by atoms with van der Waals surface area (Å²) in [4.78, 5) is 7.49. The summed E-state index contributed by atoms with van der Waals surface area (Å²) in [5.41, 5.74) is -0.984. The predicted molar refractivity (Wildman–Crippen MR) is 91.6 cm³/mol. The highest BCUT2D eigenvalue weighted by Gasteiger charge is 2.34. The summed E-state index contributed by atoms with van der Waals surface area (Å²) >= 11 is 0. The lowest BCUT2D eigenvalue weighted by atomic mass is 10.2. The molecule has 2 aromatic rings. The minimum absolute atomic E-state index is 0.0559. The number of hydrogen-bond acceptors (Lipinski definition) is 6. The van der Waals surface area contributed by atoms with E-state index in [1.807, 2.05) is 0 Å². The van der Waals surface area contributed by atoms with Crippen LogP contribution < -0.4 is 4.74 Å². The minimum atomic E-state index is -4.63. The molecule has 0 spiro atoms. The van der Waals surface area contributed by atoms with Crippen molar-refractivity contribution in [2.75, 3.05) is 0 Å². The second-order valence-electron chi connectivity index (χ2n) is 6.21. The van der Waals surface area contributed by atoms with Crippen molar-refractivity contribution in [3.63, 3.8) is 0 Å². The molecule has 7 nitrogen and oxygen atoms in total. The van der Waals surface area contributed by atoms with Crippen molar-refractivity contribution in [2.24, 2.45) is 0 Å². The van der Waals surface area contributed by atoms with Crippen LogP contribution in [-0.2, 0) is 10.9 Å². The van der Waals surface area contributed by atoms with Crippen LogP contribution in [0.15, 0.2) is 24.5 Å². The number of hydrogen-bond donors (Lipinski definition) is 1. The Bertz CT molecular complexity index is 788. The number of aromatic nitrogens is 4. The Hall–Kier alpha value is -2.46. The van der Waals surface area contributed by atoms with Gasteiger partial charge in [0, 0.05) is 17.8 Å². The Morgan fingerprint density at radius 2 is 1.85 bits per heavy atom. The molecule has 2 rings (SSSR count). The third-order valence-corrected chi connectivity index (χ3v) is 3.03. The lowest BCUT2D eigenvalue weighted by molar-refractivity contribution is -0.141. The Morgan fingerprint density at radius 3 is 2.44 bits per heavy atom. The van der Waals surface area contributed by atoms with Crippen LogP contribution in [0.25, 0.3) is 17.6 Å². The summed E-state index contributed by atoms with van der Waals surface area (Å²) in [7, 11) is 0. The van der Waals surface area contributed by atoms with Gasteiger partial charge in [-0.15, -0.1) is 5.10 Å². The molecule has 148 valence electrons. The predicted octanol–water partition coefficient (Wildman–Crippen LogP) is 3.36.